The molecule has 3 rings (SSSR count). The monoisotopic (exact) mass is 291 g/mol. The van der Waals surface area contributed by atoms with Gasteiger partial charge in [0.15, 0.2) is 18.2 Å². The first kappa shape index (κ1) is 14.0. The number of nitrogens with one attached hydrogen (secondary N) is 1. The third-order valence-corrected chi connectivity index (χ3v) is 3.63. The highest BCUT2D eigenvalue weighted by Crippen LogP contribution is 2.18. The first-order valence-electron chi connectivity index (χ1n) is 7.21. The van der Waals surface area contributed by atoms with Crippen LogP contribution in [0.3, 0.4) is 0 Å². The van der Waals surface area contributed by atoms with Gasteiger partial charge in [-0.1, -0.05) is 17.3 Å². The number of hydrogen-bond donors (Lipinski definition) is 1. The van der Waals surface area contributed by atoms with Gasteiger partial charge in [0, 0.05) is 6.42 Å². The zero-order valence-corrected chi connectivity index (χ0v) is 11.7. The van der Waals surface area contributed by atoms with E-state index in [-0.39, 0.29) is 12.4 Å². The van der Waals surface area contributed by atoms with Crippen LogP contribution in [0.1, 0.15) is 24.6 Å². The normalized spacial score (nSPS) is 16.0. The minimum Gasteiger partial charge on any atom is -0.482 e. The van der Waals surface area contributed by atoms with Crippen molar-refractivity contribution in [3.63, 3.8) is 0 Å². The Morgan fingerprint density at radius 1 is 1.29 bits per heavy atom. The van der Waals surface area contributed by atoms with Crippen LogP contribution in [0.15, 0.2) is 28.8 Å². The van der Waals surface area contributed by atoms with Crippen LogP contribution in [-0.4, -0.2) is 23.2 Å². The third-order valence-electron chi connectivity index (χ3n) is 3.63. The summed E-state index contributed by atoms with van der Waals surface area (Å²) >= 11 is 0. The number of benzene rings is 1. The van der Waals surface area contributed by atoms with Gasteiger partial charge in [-0.25, -0.2) is 4.39 Å². The molecule has 0 radical (unpaired) electrons. The Balaban J connectivity index is 1.54. The summed E-state index contributed by atoms with van der Waals surface area (Å²) in [4.78, 5) is 4.30. The molecule has 1 aromatic carbocycles. The smallest absolute Gasteiger partial charge is 0.227 e. The molecule has 1 fully saturated rings. The number of nitrogens with zero attached hydrogens (tertiary/aromatic N) is 2. The number of halogens is 1. The van der Waals surface area contributed by atoms with Crippen molar-refractivity contribution in [2.45, 2.75) is 25.9 Å². The second-order valence-corrected chi connectivity index (χ2v) is 5.22. The first-order chi connectivity index (χ1) is 10.3. The summed E-state index contributed by atoms with van der Waals surface area (Å²) in [5.41, 5.74) is 0. The van der Waals surface area contributed by atoms with Crippen molar-refractivity contribution in [1.29, 1.82) is 0 Å². The largest absolute Gasteiger partial charge is 0.482 e. The van der Waals surface area contributed by atoms with Crippen LogP contribution in [-0.2, 0) is 13.0 Å². The molecule has 1 aliphatic rings. The van der Waals surface area contributed by atoms with Crippen molar-refractivity contribution in [3.8, 4) is 5.75 Å². The van der Waals surface area contributed by atoms with Gasteiger partial charge in [0.2, 0.25) is 11.7 Å². The van der Waals surface area contributed by atoms with Crippen molar-refractivity contribution in [2.24, 2.45) is 5.92 Å². The number of aromatic nitrogens is 2. The molecular weight excluding hydrogens is 273 g/mol. The van der Waals surface area contributed by atoms with Gasteiger partial charge in [0.05, 0.1) is 0 Å². The summed E-state index contributed by atoms with van der Waals surface area (Å²) in [5, 5.41) is 7.20. The van der Waals surface area contributed by atoms with Crippen molar-refractivity contribution in [3.05, 3.63) is 41.8 Å². The summed E-state index contributed by atoms with van der Waals surface area (Å²) in [6, 6.07) is 6.27. The fraction of sp³-hybridized carbons (Fsp3) is 0.467. The molecule has 0 aliphatic carbocycles. The Hall–Kier alpha value is -1.95. The highest BCUT2D eigenvalue weighted by molar-refractivity contribution is 5.23. The molecule has 0 amide bonds. The molecule has 21 heavy (non-hydrogen) atoms. The quantitative estimate of drug-likeness (QED) is 0.916. The minimum atomic E-state index is -0.393. The van der Waals surface area contributed by atoms with Crippen molar-refractivity contribution in [2.75, 3.05) is 13.1 Å². The van der Waals surface area contributed by atoms with Crippen LogP contribution in [0.5, 0.6) is 5.75 Å². The fourth-order valence-corrected chi connectivity index (χ4v) is 2.47. The molecular formula is C15H18FN3O2. The standard InChI is InChI=1S/C15H18FN3O2/c16-12-3-1-2-4-13(12)20-10-14-18-15(21-19-14)9-11-5-7-17-8-6-11/h1-4,11,17H,5-10H2. The number of para-hydroxylation sites is 1. The van der Waals surface area contributed by atoms with Crippen molar-refractivity contribution in [1.82, 2.24) is 15.5 Å². The second-order valence-electron chi connectivity index (χ2n) is 5.22. The van der Waals surface area contributed by atoms with Crippen molar-refractivity contribution >= 4 is 0 Å². The molecule has 0 unspecified atom stereocenters. The molecule has 112 valence electrons. The maximum absolute atomic E-state index is 13.4. The molecule has 0 bridgehead atoms. The number of ether oxygens (including phenoxy) is 1. The van der Waals surface area contributed by atoms with Gasteiger partial charge in [-0.15, -0.1) is 0 Å². The van der Waals surface area contributed by atoms with E-state index in [0.29, 0.717) is 17.6 Å². The molecule has 5 nitrogen and oxygen atoms in total. The summed E-state index contributed by atoms with van der Waals surface area (Å²) in [6.07, 6.45) is 3.06. The van der Waals surface area contributed by atoms with Gasteiger partial charge in [-0.2, -0.15) is 4.98 Å². The number of piperidine rings is 1. The Morgan fingerprint density at radius 2 is 2.10 bits per heavy atom. The van der Waals surface area contributed by atoms with Gasteiger partial charge in [-0.3, -0.25) is 0 Å². The van der Waals surface area contributed by atoms with E-state index < -0.39 is 5.82 Å². The van der Waals surface area contributed by atoms with E-state index in [1.807, 2.05) is 0 Å². The summed E-state index contributed by atoms with van der Waals surface area (Å²) < 4.78 is 24.0. The Kier molecular flexibility index (Phi) is 4.45. The van der Waals surface area contributed by atoms with Crippen LogP contribution < -0.4 is 10.1 Å². The topological polar surface area (TPSA) is 60.2 Å². The lowest BCUT2D eigenvalue weighted by atomic mass is 9.95. The lowest BCUT2D eigenvalue weighted by Crippen LogP contribution is -2.28. The second kappa shape index (κ2) is 6.67. The predicted octanol–water partition coefficient (Wildman–Crippen LogP) is 2.33. The fourth-order valence-electron chi connectivity index (χ4n) is 2.47. The van der Waals surface area contributed by atoms with Crippen LogP contribution in [0.4, 0.5) is 4.39 Å². The van der Waals surface area contributed by atoms with E-state index in [4.69, 9.17) is 9.26 Å². The van der Waals surface area contributed by atoms with Crippen LogP contribution >= 0.6 is 0 Å². The molecule has 2 heterocycles. The zero-order chi connectivity index (χ0) is 14.5. The van der Waals surface area contributed by atoms with Gasteiger partial charge >= 0.3 is 0 Å². The average molecular weight is 291 g/mol. The zero-order valence-electron chi connectivity index (χ0n) is 11.7. The molecule has 1 aliphatic heterocycles. The summed E-state index contributed by atoms with van der Waals surface area (Å²) in [7, 11) is 0. The van der Waals surface area contributed by atoms with Gasteiger partial charge in [0.1, 0.15) is 0 Å². The van der Waals surface area contributed by atoms with Gasteiger partial charge in [-0.05, 0) is 44.0 Å². The van der Waals surface area contributed by atoms with Crippen LogP contribution in [0.2, 0.25) is 0 Å². The Morgan fingerprint density at radius 3 is 2.90 bits per heavy atom. The van der Waals surface area contributed by atoms with E-state index >= 15 is 0 Å². The molecule has 6 heteroatoms. The van der Waals surface area contributed by atoms with E-state index in [1.165, 1.54) is 6.07 Å². The van der Waals surface area contributed by atoms with Gasteiger partial charge < -0.3 is 14.6 Å². The Labute approximate surface area is 122 Å². The minimum absolute atomic E-state index is 0.108. The SMILES string of the molecule is Fc1ccccc1OCc1noc(CC2CCNCC2)n1. The highest BCUT2D eigenvalue weighted by Gasteiger charge is 2.17. The number of hydrogen-bond acceptors (Lipinski definition) is 5. The highest BCUT2D eigenvalue weighted by atomic mass is 19.1. The van der Waals surface area contributed by atoms with E-state index in [2.05, 4.69) is 15.5 Å². The average Bonchev–Trinajstić information content (AvgIpc) is 2.95. The maximum Gasteiger partial charge on any atom is 0.227 e. The lowest BCUT2D eigenvalue weighted by Gasteiger charge is -2.20. The first-order valence-corrected chi connectivity index (χ1v) is 7.21. The maximum atomic E-state index is 13.4. The lowest BCUT2D eigenvalue weighted by molar-refractivity contribution is 0.270. The molecule has 0 spiro atoms. The third kappa shape index (κ3) is 3.78. The molecule has 1 N–H and O–H groups in total. The predicted molar refractivity (Wildman–Crippen MR) is 74.3 cm³/mol. The van der Waals surface area contributed by atoms with E-state index in [0.717, 1.165) is 32.4 Å². The number of rotatable bonds is 5. The van der Waals surface area contributed by atoms with Crippen LogP contribution in [0.25, 0.3) is 0 Å². The summed E-state index contributed by atoms with van der Waals surface area (Å²) in [6.45, 7) is 2.20. The van der Waals surface area contributed by atoms with Gasteiger partial charge in [0.25, 0.3) is 0 Å². The Bertz CT molecular complexity index is 582. The van der Waals surface area contributed by atoms with E-state index in [1.54, 1.807) is 18.2 Å². The molecule has 0 atom stereocenters. The molecule has 0 saturated carbocycles. The molecule has 2 aromatic rings. The van der Waals surface area contributed by atoms with Crippen molar-refractivity contribution < 1.29 is 13.7 Å². The molecule has 1 aromatic heterocycles. The van der Waals surface area contributed by atoms with E-state index in [9.17, 15) is 4.39 Å². The summed E-state index contributed by atoms with van der Waals surface area (Å²) in [5.74, 6) is 1.47. The van der Waals surface area contributed by atoms with Crippen LogP contribution in [0, 0.1) is 11.7 Å². The molecule has 1 saturated heterocycles.